The number of rotatable bonds is 7. The van der Waals surface area contributed by atoms with E-state index in [2.05, 4.69) is 26.6 Å². The zero-order valence-corrected chi connectivity index (χ0v) is 17.5. The molecule has 0 heterocycles. The van der Waals surface area contributed by atoms with Crippen LogP contribution in [0.15, 0.2) is 77.3 Å². The van der Waals surface area contributed by atoms with Crippen LogP contribution >= 0.6 is 15.9 Å². The van der Waals surface area contributed by atoms with Crippen LogP contribution in [-0.4, -0.2) is 32.1 Å². The van der Waals surface area contributed by atoms with E-state index in [-0.39, 0.29) is 11.8 Å². The lowest BCUT2D eigenvalue weighted by atomic mass is 9.94. The first-order chi connectivity index (χ1) is 14.1. The van der Waals surface area contributed by atoms with Crippen LogP contribution in [-0.2, 0) is 4.74 Å². The molecular weight excluding hydrogens is 432 g/mol. The Labute approximate surface area is 178 Å². The van der Waals surface area contributed by atoms with Crippen LogP contribution in [0.3, 0.4) is 0 Å². The van der Waals surface area contributed by atoms with Crippen molar-refractivity contribution in [1.82, 2.24) is 5.32 Å². The second-order valence-corrected chi connectivity index (χ2v) is 7.22. The van der Waals surface area contributed by atoms with E-state index in [0.29, 0.717) is 41.1 Å². The summed E-state index contributed by atoms with van der Waals surface area (Å²) in [5, 5.41) is 5.74. The molecule has 29 heavy (non-hydrogen) atoms. The zero-order valence-electron chi connectivity index (χ0n) is 15.9. The summed E-state index contributed by atoms with van der Waals surface area (Å²) in [6.45, 7) is 0.843. The van der Waals surface area contributed by atoms with Gasteiger partial charge in [0.1, 0.15) is 0 Å². The van der Waals surface area contributed by atoms with Crippen LogP contribution in [0, 0.1) is 0 Å². The number of nitrogens with one attached hydrogen (secondary N) is 2. The molecule has 148 valence electrons. The molecule has 2 amide bonds. The summed E-state index contributed by atoms with van der Waals surface area (Å²) in [6, 6.07) is 21.9. The lowest BCUT2D eigenvalue weighted by Gasteiger charge is -2.14. The highest BCUT2D eigenvalue weighted by atomic mass is 79.9. The number of carbonyl (C=O) groups is 2. The SMILES string of the molecule is COCCNC(=O)c1ccccc1-c1ccccc1C(=O)Nc1ccc(Br)cc1. The molecule has 3 rings (SSSR count). The van der Waals surface area contributed by atoms with Crippen molar-refractivity contribution in [3.05, 3.63) is 88.4 Å². The van der Waals surface area contributed by atoms with Crippen LogP contribution in [0.1, 0.15) is 20.7 Å². The van der Waals surface area contributed by atoms with Crippen molar-refractivity contribution in [2.75, 3.05) is 25.6 Å². The van der Waals surface area contributed by atoms with Crippen molar-refractivity contribution in [3.63, 3.8) is 0 Å². The van der Waals surface area contributed by atoms with Gasteiger partial charge in [-0.2, -0.15) is 0 Å². The van der Waals surface area contributed by atoms with E-state index in [1.807, 2.05) is 48.5 Å². The molecule has 0 saturated heterocycles. The summed E-state index contributed by atoms with van der Waals surface area (Å²) in [7, 11) is 1.58. The monoisotopic (exact) mass is 452 g/mol. The first-order valence-corrected chi connectivity index (χ1v) is 9.92. The quantitative estimate of drug-likeness (QED) is 0.508. The molecule has 0 aliphatic carbocycles. The Bertz CT molecular complexity index is 1000. The fourth-order valence-corrected chi connectivity index (χ4v) is 3.19. The molecule has 0 unspecified atom stereocenters. The smallest absolute Gasteiger partial charge is 0.256 e. The fraction of sp³-hybridized carbons (Fsp3) is 0.130. The molecule has 0 aromatic heterocycles. The van der Waals surface area contributed by atoms with Crippen molar-refractivity contribution in [2.45, 2.75) is 0 Å². The van der Waals surface area contributed by atoms with Crippen molar-refractivity contribution < 1.29 is 14.3 Å². The molecule has 3 aromatic rings. The van der Waals surface area contributed by atoms with Gasteiger partial charge in [0, 0.05) is 34.9 Å². The topological polar surface area (TPSA) is 67.4 Å². The maximum absolute atomic E-state index is 12.9. The normalized spacial score (nSPS) is 10.4. The van der Waals surface area contributed by atoms with Crippen LogP contribution in [0.25, 0.3) is 11.1 Å². The van der Waals surface area contributed by atoms with Gasteiger partial charge in [0.25, 0.3) is 11.8 Å². The van der Waals surface area contributed by atoms with Crippen molar-refractivity contribution in [2.24, 2.45) is 0 Å². The van der Waals surface area contributed by atoms with Crippen LogP contribution < -0.4 is 10.6 Å². The second-order valence-electron chi connectivity index (χ2n) is 6.30. The first-order valence-electron chi connectivity index (χ1n) is 9.12. The summed E-state index contributed by atoms with van der Waals surface area (Å²) >= 11 is 3.38. The van der Waals surface area contributed by atoms with E-state index in [0.717, 1.165) is 4.47 Å². The molecule has 0 bridgehead atoms. The van der Waals surface area contributed by atoms with Gasteiger partial charge in [-0.25, -0.2) is 0 Å². The van der Waals surface area contributed by atoms with Gasteiger partial charge in [-0.3, -0.25) is 9.59 Å². The van der Waals surface area contributed by atoms with Gasteiger partial charge < -0.3 is 15.4 Å². The standard InChI is InChI=1S/C23H21BrN2O3/c1-29-15-14-25-22(27)20-8-4-2-6-18(20)19-7-3-5-9-21(19)23(28)26-17-12-10-16(24)11-13-17/h2-13H,14-15H2,1H3,(H,25,27)(H,26,28). The second kappa shape index (κ2) is 10.0. The number of methoxy groups -OCH3 is 1. The molecule has 0 fully saturated rings. The summed E-state index contributed by atoms with van der Waals surface area (Å²) < 4.78 is 5.92. The number of hydrogen-bond donors (Lipinski definition) is 2. The summed E-state index contributed by atoms with van der Waals surface area (Å²) in [4.78, 5) is 25.6. The molecule has 3 aromatic carbocycles. The molecule has 6 heteroatoms. The molecule has 0 spiro atoms. The zero-order chi connectivity index (χ0) is 20.6. The Morgan fingerprint density at radius 3 is 1.97 bits per heavy atom. The highest BCUT2D eigenvalue weighted by Crippen LogP contribution is 2.28. The molecule has 0 radical (unpaired) electrons. The number of anilines is 1. The van der Waals surface area contributed by atoms with Crippen molar-refractivity contribution in [1.29, 1.82) is 0 Å². The summed E-state index contributed by atoms with van der Waals surface area (Å²) in [5.74, 6) is -0.446. The van der Waals surface area contributed by atoms with E-state index in [4.69, 9.17) is 4.74 Å². The third kappa shape index (κ3) is 5.31. The van der Waals surface area contributed by atoms with E-state index in [1.165, 1.54) is 0 Å². The van der Waals surface area contributed by atoms with E-state index < -0.39 is 0 Å². The van der Waals surface area contributed by atoms with Gasteiger partial charge in [0.05, 0.1) is 6.61 Å². The minimum atomic E-state index is -0.238. The molecule has 0 aliphatic rings. The average molecular weight is 453 g/mol. The Kier molecular flexibility index (Phi) is 7.16. The lowest BCUT2D eigenvalue weighted by molar-refractivity contribution is 0.0936. The Balaban J connectivity index is 1.92. The Hall–Kier alpha value is -2.96. The van der Waals surface area contributed by atoms with Crippen molar-refractivity contribution in [3.8, 4) is 11.1 Å². The number of halogens is 1. The molecule has 0 aliphatic heterocycles. The number of ether oxygens (including phenoxy) is 1. The Morgan fingerprint density at radius 2 is 1.38 bits per heavy atom. The maximum Gasteiger partial charge on any atom is 0.256 e. The number of carbonyl (C=O) groups excluding carboxylic acids is 2. The van der Waals surface area contributed by atoms with Gasteiger partial charge >= 0.3 is 0 Å². The third-order valence-corrected chi connectivity index (χ3v) is 4.86. The highest BCUT2D eigenvalue weighted by molar-refractivity contribution is 9.10. The predicted molar refractivity (Wildman–Crippen MR) is 118 cm³/mol. The Morgan fingerprint density at radius 1 is 0.828 bits per heavy atom. The largest absolute Gasteiger partial charge is 0.383 e. The number of hydrogen-bond acceptors (Lipinski definition) is 3. The fourth-order valence-electron chi connectivity index (χ4n) is 2.93. The summed E-state index contributed by atoms with van der Waals surface area (Å²) in [5.41, 5.74) is 3.09. The minimum Gasteiger partial charge on any atom is -0.383 e. The van der Waals surface area contributed by atoms with Gasteiger partial charge in [0.15, 0.2) is 0 Å². The molecule has 0 atom stereocenters. The van der Waals surface area contributed by atoms with E-state index >= 15 is 0 Å². The lowest BCUT2D eigenvalue weighted by Crippen LogP contribution is -2.27. The van der Waals surface area contributed by atoms with Gasteiger partial charge in [-0.05, 0) is 47.5 Å². The molecular formula is C23H21BrN2O3. The number of amides is 2. The van der Waals surface area contributed by atoms with Crippen LogP contribution in [0.2, 0.25) is 0 Å². The first kappa shape index (κ1) is 20.8. The van der Waals surface area contributed by atoms with Crippen LogP contribution in [0.5, 0.6) is 0 Å². The van der Waals surface area contributed by atoms with Gasteiger partial charge in [-0.1, -0.05) is 52.3 Å². The number of benzene rings is 3. The highest BCUT2D eigenvalue weighted by Gasteiger charge is 2.18. The van der Waals surface area contributed by atoms with E-state index in [1.54, 1.807) is 31.4 Å². The molecule has 0 saturated carbocycles. The van der Waals surface area contributed by atoms with Gasteiger partial charge in [0.2, 0.25) is 0 Å². The predicted octanol–water partition coefficient (Wildman–Crippen LogP) is 4.74. The minimum absolute atomic E-state index is 0.208. The van der Waals surface area contributed by atoms with Crippen molar-refractivity contribution >= 4 is 33.4 Å². The van der Waals surface area contributed by atoms with Gasteiger partial charge in [-0.15, -0.1) is 0 Å². The van der Waals surface area contributed by atoms with E-state index in [9.17, 15) is 9.59 Å². The average Bonchev–Trinajstić information content (AvgIpc) is 2.75. The third-order valence-electron chi connectivity index (χ3n) is 4.33. The summed E-state index contributed by atoms with van der Waals surface area (Å²) in [6.07, 6.45) is 0. The molecule has 5 nitrogen and oxygen atoms in total. The maximum atomic E-state index is 12.9. The molecule has 2 N–H and O–H groups in total. The van der Waals surface area contributed by atoms with Crippen LogP contribution in [0.4, 0.5) is 5.69 Å².